The average molecular weight is 340 g/mol. The second kappa shape index (κ2) is 6.62. The van der Waals surface area contributed by atoms with Crippen LogP contribution in [0.2, 0.25) is 0 Å². The van der Waals surface area contributed by atoms with Crippen molar-refractivity contribution in [3.8, 4) is 5.69 Å². The highest BCUT2D eigenvalue weighted by Crippen LogP contribution is 2.30. The molecule has 1 fully saturated rings. The van der Waals surface area contributed by atoms with Gasteiger partial charge in [-0.1, -0.05) is 12.1 Å². The molecule has 2 aliphatic heterocycles. The van der Waals surface area contributed by atoms with E-state index in [-0.39, 0.29) is 5.91 Å². The molecule has 1 amide bonds. The van der Waals surface area contributed by atoms with Crippen LogP contribution in [0.15, 0.2) is 52.9 Å². The Morgan fingerprint density at radius 2 is 1.96 bits per heavy atom. The number of carbonyl (C=O) groups is 1. The number of hydrogen-bond acceptors (Lipinski definition) is 5. The quantitative estimate of drug-likeness (QED) is 0.784. The van der Waals surface area contributed by atoms with Crippen LogP contribution in [-0.4, -0.2) is 51.8 Å². The summed E-state index contributed by atoms with van der Waals surface area (Å²) in [6.07, 6.45) is 7.29. The van der Waals surface area contributed by atoms with E-state index in [0.717, 1.165) is 29.5 Å². The second-order valence-corrected chi connectivity index (χ2v) is 6.48. The number of thioether (sulfide) groups is 1. The van der Waals surface area contributed by atoms with Gasteiger partial charge < -0.3 is 14.2 Å². The number of benzene rings is 1. The van der Waals surface area contributed by atoms with Crippen molar-refractivity contribution < 1.29 is 9.53 Å². The number of morpholine rings is 1. The molecule has 7 heteroatoms. The lowest BCUT2D eigenvalue weighted by Gasteiger charge is -2.27. The van der Waals surface area contributed by atoms with Crippen LogP contribution in [0.4, 0.5) is 0 Å². The fourth-order valence-electron chi connectivity index (χ4n) is 2.59. The van der Waals surface area contributed by atoms with E-state index in [1.165, 1.54) is 11.8 Å². The third kappa shape index (κ3) is 3.13. The number of ether oxygens (including phenoxy) is 1. The second-order valence-electron chi connectivity index (χ2n) is 5.47. The summed E-state index contributed by atoms with van der Waals surface area (Å²) in [6, 6.07) is 7.98. The SMILES string of the molecule is O=C1N=C(N2CCOCC2)S/C1=C/c1ccc(-n2ccnc2)cc1. The number of amides is 1. The molecule has 1 aromatic heterocycles. The molecule has 0 saturated carbocycles. The molecule has 0 radical (unpaired) electrons. The Morgan fingerprint density at radius 3 is 2.67 bits per heavy atom. The summed E-state index contributed by atoms with van der Waals surface area (Å²) in [5.41, 5.74) is 2.01. The van der Waals surface area contributed by atoms with Gasteiger partial charge in [0.05, 0.1) is 24.4 Å². The average Bonchev–Trinajstić information content (AvgIpc) is 3.27. The van der Waals surface area contributed by atoms with Crippen LogP contribution in [0.25, 0.3) is 11.8 Å². The molecule has 0 bridgehead atoms. The highest BCUT2D eigenvalue weighted by Gasteiger charge is 2.27. The van der Waals surface area contributed by atoms with Crippen LogP contribution in [-0.2, 0) is 9.53 Å². The van der Waals surface area contributed by atoms with Gasteiger partial charge in [0, 0.05) is 31.2 Å². The topological polar surface area (TPSA) is 59.7 Å². The fraction of sp³-hybridized carbons (Fsp3) is 0.235. The van der Waals surface area contributed by atoms with Crippen molar-refractivity contribution in [3.05, 3.63) is 53.5 Å². The van der Waals surface area contributed by atoms with E-state index in [4.69, 9.17) is 4.74 Å². The van der Waals surface area contributed by atoms with Crippen LogP contribution >= 0.6 is 11.8 Å². The van der Waals surface area contributed by atoms with E-state index in [1.807, 2.05) is 41.1 Å². The molecule has 1 saturated heterocycles. The third-order valence-electron chi connectivity index (χ3n) is 3.88. The molecular formula is C17H16N4O2S. The van der Waals surface area contributed by atoms with E-state index in [9.17, 15) is 4.79 Å². The summed E-state index contributed by atoms with van der Waals surface area (Å²) in [5, 5.41) is 0.782. The number of amidine groups is 1. The summed E-state index contributed by atoms with van der Waals surface area (Å²) < 4.78 is 7.28. The van der Waals surface area contributed by atoms with Gasteiger partial charge in [-0.05, 0) is 35.5 Å². The maximum absolute atomic E-state index is 12.1. The molecule has 0 unspecified atom stereocenters. The predicted molar refractivity (Wildman–Crippen MR) is 94.0 cm³/mol. The molecule has 0 N–H and O–H groups in total. The number of hydrogen-bond donors (Lipinski definition) is 0. The van der Waals surface area contributed by atoms with E-state index in [0.29, 0.717) is 18.1 Å². The van der Waals surface area contributed by atoms with Crippen LogP contribution < -0.4 is 0 Å². The number of carbonyl (C=O) groups excluding carboxylic acids is 1. The highest BCUT2D eigenvalue weighted by atomic mass is 32.2. The van der Waals surface area contributed by atoms with Gasteiger partial charge in [-0.3, -0.25) is 4.79 Å². The minimum absolute atomic E-state index is 0.167. The highest BCUT2D eigenvalue weighted by molar-refractivity contribution is 8.18. The Balaban J connectivity index is 1.49. The first kappa shape index (κ1) is 15.2. The first-order valence-corrected chi connectivity index (χ1v) is 8.55. The van der Waals surface area contributed by atoms with Crippen molar-refractivity contribution in [1.82, 2.24) is 14.5 Å². The maximum Gasteiger partial charge on any atom is 0.286 e. The zero-order chi connectivity index (χ0) is 16.4. The summed E-state index contributed by atoms with van der Waals surface area (Å²) in [5.74, 6) is -0.167. The molecule has 2 aliphatic rings. The molecule has 3 heterocycles. The molecule has 0 spiro atoms. The fourth-order valence-corrected chi connectivity index (χ4v) is 3.56. The van der Waals surface area contributed by atoms with Gasteiger partial charge in [0.2, 0.25) is 0 Å². The number of nitrogens with zero attached hydrogens (tertiary/aromatic N) is 4. The number of aliphatic imine (C=N–C) groups is 1. The molecule has 24 heavy (non-hydrogen) atoms. The van der Waals surface area contributed by atoms with E-state index in [1.54, 1.807) is 12.5 Å². The first-order valence-electron chi connectivity index (χ1n) is 7.73. The van der Waals surface area contributed by atoms with Crippen LogP contribution in [0.1, 0.15) is 5.56 Å². The van der Waals surface area contributed by atoms with Crippen LogP contribution in [0, 0.1) is 0 Å². The minimum atomic E-state index is -0.167. The molecule has 1 aromatic carbocycles. The summed E-state index contributed by atoms with van der Waals surface area (Å²) in [6.45, 7) is 2.93. The van der Waals surface area contributed by atoms with Crippen molar-refractivity contribution in [2.24, 2.45) is 4.99 Å². The van der Waals surface area contributed by atoms with Crippen LogP contribution in [0.5, 0.6) is 0 Å². The molecule has 0 atom stereocenters. The van der Waals surface area contributed by atoms with Crippen molar-refractivity contribution in [1.29, 1.82) is 0 Å². The monoisotopic (exact) mass is 340 g/mol. The molecule has 6 nitrogen and oxygen atoms in total. The largest absolute Gasteiger partial charge is 0.378 e. The number of aromatic nitrogens is 2. The van der Waals surface area contributed by atoms with Gasteiger partial charge in [0.25, 0.3) is 5.91 Å². The van der Waals surface area contributed by atoms with E-state index >= 15 is 0 Å². The van der Waals surface area contributed by atoms with Crippen molar-refractivity contribution in [2.45, 2.75) is 0 Å². The van der Waals surface area contributed by atoms with Gasteiger partial charge in [-0.2, -0.15) is 4.99 Å². The Kier molecular flexibility index (Phi) is 4.18. The van der Waals surface area contributed by atoms with Crippen LogP contribution in [0.3, 0.4) is 0 Å². The van der Waals surface area contributed by atoms with Gasteiger partial charge in [-0.25, -0.2) is 4.98 Å². The van der Waals surface area contributed by atoms with E-state index < -0.39 is 0 Å². The molecule has 4 rings (SSSR count). The molecule has 2 aromatic rings. The van der Waals surface area contributed by atoms with Gasteiger partial charge >= 0.3 is 0 Å². The van der Waals surface area contributed by atoms with Crippen molar-refractivity contribution in [3.63, 3.8) is 0 Å². The lowest BCUT2D eigenvalue weighted by atomic mass is 10.2. The maximum atomic E-state index is 12.1. The lowest BCUT2D eigenvalue weighted by molar-refractivity contribution is -0.113. The molecule has 0 aliphatic carbocycles. The summed E-state index contributed by atoms with van der Waals surface area (Å²) >= 11 is 1.44. The number of imidazole rings is 1. The Morgan fingerprint density at radius 1 is 1.17 bits per heavy atom. The Bertz CT molecular complexity index is 791. The third-order valence-corrected chi connectivity index (χ3v) is 4.93. The number of rotatable bonds is 2. The standard InChI is InChI=1S/C17H16N4O2S/c22-16-15(24-17(19-16)20-7-9-23-10-8-20)11-13-1-3-14(4-2-13)21-6-5-18-12-21/h1-6,11-12H,7-10H2/b15-11+. The smallest absolute Gasteiger partial charge is 0.286 e. The van der Waals surface area contributed by atoms with Crippen molar-refractivity contribution >= 4 is 28.9 Å². The first-order chi connectivity index (χ1) is 11.8. The van der Waals surface area contributed by atoms with Gasteiger partial charge in [0.15, 0.2) is 5.17 Å². The minimum Gasteiger partial charge on any atom is -0.378 e. The molecular weight excluding hydrogens is 324 g/mol. The predicted octanol–water partition coefficient (Wildman–Crippen LogP) is 2.17. The lowest BCUT2D eigenvalue weighted by Crippen LogP contribution is -2.38. The van der Waals surface area contributed by atoms with Gasteiger partial charge in [0.1, 0.15) is 0 Å². The summed E-state index contributed by atoms with van der Waals surface area (Å²) in [4.78, 5) is 23.1. The van der Waals surface area contributed by atoms with Crippen molar-refractivity contribution in [2.75, 3.05) is 26.3 Å². The molecule has 122 valence electrons. The summed E-state index contributed by atoms with van der Waals surface area (Å²) in [7, 11) is 0. The Hall–Kier alpha value is -2.38. The van der Waals surface area contributed by atoms with E-state index in [2.05, 4.69) is 14.9 Å². The van der Waals surface area contributed by atoms with Gasteiger partial charge in [-0.15, -0.1) is 0 Å². The zero-order valence-corrected chi connectivity index (χ0v) is 13.8. The zero-order valence-electron chi connectivity index (χ0n) is 13.0. The normalized spacial score (nSPS) is 19.8. The Labute approximate surface area is 143 Å².